The van der Waals surface area contributed by atoms with Gasteiger partial charge in [-0.3, -0.25) is 13.9 Å². The second-order valence-electron chi connectivity index (χ2n) is 9.59. The van der Waals surface area contributed by atoms with Crippen LogP contribution in [0.25, 0.3) is 0 Å². The molecule has 7 nitrogen and oxygen atoms in total. The zero-order valence-electron chi connectivity index (χ0n) is 21.6. The van der Waals surface area contributed by atoms with Gasteiger partial charge in [0.1, 0.15) is 18.4 Å². The summed E-state index contributed by atoms with van der Waals surface area (Å²) >= 11 is 6.40. The lowest BCUT2D eigenvalue weighted by Gasteiger charge is -2.32. The highest BCUT2D eigenvalue weighted by atomic mass is 35.5. The Morgan fingerprint density at radius 1 is 0.974 bits per heavy atom. The Bertz CT molecular complexity index is 1400. The highest BCUT2D eigenvalue weighted by Gasteiger charge is 2.34. The molecule has 2 amide bonds. The fourth-order valence-corrected chi connectivity index (χ4v) is 6.39. The van der Waals surface area contributed by atoms with Crippen LogP contribution in [0.5, 0.6) is 0 Å². The first kappa shape index (κ1) is 28.6. The van der Waals surface area contributed by atoms with Gasteiger partial charge in [-0.25, -0.2) is 12.8 Å². The molecule has 4 rings (SSSR count). The van der Waals surface area contributed by atoms with Gasteiger partial charge in [0, 0.05) is 12.6 Å². The van der Waals surface area contributed by atoms with Crippen molar-refractivity contribution in [1.29, 1.82) is 0 Å². The first-order chi connectivity index (χ1) is 18.7. The SMILES string of the molecule is C[C@@H](C(=O)NC1CCCC1)N(Cc1ccc(F)cc1)C(=O)CN(c1ccccc1Cl)S(=O)(=O)c1ccccc1. The zero-order valence-corrected chi connectivity index (χ0v) is 23.2. The molecule has 1 atom stereocenters. The number of halogens is 2. The van der Waals surface area contributed by atoms with E-state index in [-0.39, 0.29) is 34.1 Å². The second kappa shape index (κ2) is 12.6. The number of anilines is 1. The molecule has 1 aliphatic rings. The number of benzene rings is 3. The molecule has 39 heavy (non-hydrogen) atoms. The fraction of sp³-hybridized carbons (Fsp3) is 0.310. The zero-order chi connectivity index (χ0) is 28.0. The molecule has 3 aromatic rings. The van der Waals surface area contributed by atoms with Crippen LogP contribution in [0.15, 0.2) is 83.8 Å². The maximum atomic E-state index is 13.9. The number of hydrogen-bond acceptors (Lipinski definition) is 4. The van der Waals surface area contributed by atoms with Crippen molar-refractivity contribution in [2.45, 2.75) is 56.1 Å². The van der Waals surface area contributed by atoms with Crippen molar-refractivity contribution in [3.63, 3.8) is 0 Å². The summed E-state index contributed by atoms with van der Waals surface area (Å²) in [6, 6.07) is 18.9. The lowest BCUT2D eigenvalue weighted by atomic mass is 10.1. The predicted molar refractivity (Wildman–Crippen MR) is 149 cm³/mol. The molecule has 0 saturated heterocycles. The number of nitrogens with zero attached hydrogens (tertiary/aromatic N) is 2. The van der Waals surface area contributed by atoms with Crippen molar-refractivity contribution in [2.75, 3.05) is 10.8 Å². The Morgan fingerprint density at radius 2 is 1.59 bits per heavy atom. The van der Waals surface area contributed by atoms with Gasteiger partial charge in [-0.15, -0.1) is 0 Å². The number of nitrogens with one attached hydrogen (secondary N) is 1. The molecule has 0 bridgehead atoms. The second-order valence-corrected chi connectivity index (χ2v) is 11.9. The Kier molecular flexibility index (Phi) is 9.24. The molecule has 1 fully saturated rings. The van der Waals surface area contributed by atoms with Crippen LogP contribution in [-0.4, -0.2) is 43.8 Å². The average Bonchev–Trinajstić information content (AvgIpc) is 3.45. The topological polar surface area (TPSA) is 86.8 Å². The van der Waals surface area contributed by atoms with Gasteiger partial charge in [0.2, 0.25) is 11.8 Å². The summed E-state index contributed by atoms with van der Waals surface area (Å²) in [6.45, 7) is 1.00. The van der Waals surface area contributed by atoms with Crippen LogP contribution in [0.1, 0.15) is 38.2 Å². The number of hydrogen-bond donors (Lipinski definition) is 1. The van der Waals surface area contributed by atoms with E-state index >= 15 is 0 Å². The van der Waals surface area contributed by atoms with Crippen LogP contribution in [0.2, 0.25) is 5.02 Å². The summed E-state index contributed by atoms with van der Waals surface area (Å²) < 4.78 is 42.0. The largest absolute Gasteiger partial charge is 0.352 e. The van der Waals surface area contributed by atoms with Gasteiger partial charge in [0.25, 0.3) is 10.0 Å². The summed E-state index contributed by atoms with van der Waals surface area (Å²) in [7, 11) is -4.20. The van der Waals surface area contributed by atoms with Crippen molar-refractivity contribution < 1.29 is 22.4 Å². The fourth-order valence-electron chi connectivity index (χ4n) is 4.65. The van der Waals surface area contributed by atoms with Gasteiger partial charge in [0.05, 0.1) is 15.6 Å². The van der Waals surface area contributed by atoms with E-state index in [4.69, 9.17) is 11.6 Å². The monoisotopic (exact) mass is 571 g/mol. The van der Waals surface area contributed by atoms with Crippen LogP contribution < -0.4 is 9.62 Å². The number of rotatable bonds is 10. The molecule has 3 aromatic carbocycles. The molecule has 0 heterocycles. The lowest BCUT2D eigenvalue weighted by Crippen LogP contribution is -2.52. The molecule has 0 aliphatic heterocycles. The van der Waals surface area contributed by atoms with Crippen LogP contribution in [-0.2, 0) is 26.2 Å². The van der Waals surface area contributed by atoms with E-state index in [1.54, 1.807) is 43.3 Å². The number of carbonyl (C=O) groups is 2. The van der Waals surface area contributed by atoms with Gasteiger partial charge in [-0.2, -0.15) is 0 Å². The average molecular weight is 572 g/mol. The summed E-state index contributed by atoms with van der Waals surface area (Å²) in [6.07, 6.45) is 3.81. The maximum Gasteiger partial charge on any atom is 0.264 e. The molecule has 1 N–H and O–H groups in total. The van der Waals surface area contributed by atoms with Crippen molar-refractivity contribution in [2.24, 2.45) is 0 Å². The number of carbonyl (C=O) groups excluding carboxylic acids is 2. The van der Waals surface area contributed by atoms with Gasteiger partial charge in [-0.05, 0) is 61.7 Å². The van der Waals surface area contributed by atoms with Crippen molar-refractivity contribution in [3.8, 4) is 0 Å². The van der Waals surface area contributed by atoms with E-state index in [1.165, 1.54) is 47.4 Å². The molecule has 10 heteroatoms. The summed E-state index contributed by atoms with van der Waals surface area (Å²) in [5.41, 5.74) is 0.738. The summed E-state index contributed by atoms with van der Waals surface area (Å²) in [5, 5.41) is 3.17. The highest BCUT2D eigenvalue weighted by Crippen LogP contribution is 2.30. The van der Waals surface area contributed by atoms with Crippen LogP contribution in [0, 0.1) is 5.82 Å². The molecule has 0 radical (unpaired) electrons. The van der Waals surface area contributed by atoms with E-state index in [2.05, 4.69) is 5.32 Å². The van der Waals surface area contributed by atoms with E-state index in [0.29, 0.717) is 5.56 Å². The van der Waals surface area contributed by atoms with E-state index in [0.717, 1.165) is 30.0 Å². The summed E-state index contributed by atoms with van der Waals surface area (Å²) in [4.78, 5) is 28.4. The minimum Gasteiger partial charge on any atom is -0.352 e. The van der Waals surface area contributed by atoms with Gasteiger partial charge in [-0.1, -0.05) is 66.9 Å². The van der Waals surface area contributed by atoms with Crippen molar-refractivity contribution in [1.82, 2.24) is 10.2 Å². The highest BCUT2D eigenvalue weighted by molar-refractivity contribution is 7.92. The first-order valence-electron chi connectivity index (χ1n) is 12.8. The quantitative estimate of drug-likeness (QED) is 0.365. The van der Waals surface area contributed by atoms with E-state index in [9.17, 15) is 22.4 Å². The van der Waals surface area contributed by atoms with E-state index in [1.807, 2.05) is 0 Å². The molecule has 206 valence electrons. The lowest BCUT2D eigenvalue weighted by molar-refractivity contribution is -0.139. The third-order valence-electron chi connectivity index (χ3n) is 6.87. The molecule has 0 unspecified atom stereocenters. The van der Waals surface area contributed by atoms with Gasteiger partial charge in [0.15, 0.2) is 0 Å². The molecular weight excluding hydrogens is 541 g/mol. The third-order valence-corrected chi connectivity index (χ3v) is 8.96. The first-order valence-corrected chi connectivity index (χ1v) is 14.6. The predicted octanol–water partition coefficient (Wildman–Crippen LogP) is 5.15. The molecule has 0 spiro atoms. The minimum absolute atomic E-state index is 0.00479. The number of sulfonamides is 1. The molecule has 1 saturated carbocycles. The molecule has 1 aliphatic carbocycles. The standard InChI is InChI=1S/C29H31ClFN3O4S/c1-21(29(36)32-24-9-5-6-10-24)33(19-22-15-17-23(31)18-16-22)28(35)20-34(27-14-8-7-13-26(27)30)39(37,38)25-11-3-2-4-12-25/h2-4,7-8,11-18,21,24H,5-6,9-10,19-20H2,1H3,(H,32,36)/t21-/m0/s1. The summed E-state index contributed by atoms with van der Waals surface area (Å²) in [5.74, 6) is -1.36. The van der Waals surface area contributed by atoms with E-state index < -0.39 is 34.3 Å². The number of para-hydroxylation sites is 1. The van der Waals surface area contributed by atoms with Crippen LogP contribution in [0.3, 0.4) is 0 Å². The van der Waals surface area contributed by atoms with Crippen molar-refractivity contribution >= 4 is 39.1 Å². The van der Waals surface area contributed by atoms with Crippen LogP contribution >= 0.6 is 11.6 Å². The maximum absolute atomic E-state index is 13.9. The molecular formula is C29H31ClFN3O4S. The third kappa shape index (κ3) is 6.96. The smallest absolute Gasteiger partial charge is 0.264 e. The molecule has 0 aromatic heterocycles. The normalized spacial score (nSPS) is 14.5. The van der Waals surface area contributed by atoms with Gasteiger partial charge < -0.3 is 10.2 Å². The Morgan fingerprint density at radius 3 is 2.23 bits per heavy atom. The Balaban J connectivity index is 1.68. The number of amides is 2. The van der Waals surface area contributed by atoms with Crippen LogP contribution in [0.4, 0.5) is 10.1 Å². The van der Waals surface area contributed by atoms with Gasteiger partial charge >= 0.3 is 0 Å². The Labute approximate surface area is 233 Å². The van der Waals surface area contributed by atoms with Crippen molar-refractivity contribution in [3.05, 3.63) is 95.3 Å². The Hall–Kier alpha value is -3.43. The minimum atomic E-state index is -4.20.